The number of hydrogen-bond donors (Lipinski definition) is 1. The minimum Gasteiger partial charge on any atom is -0.481 e. The molecular formula is C9H13BrN4O5S. The molecule has 0 aliphatic carbocycles. The number of aryl methyl sites for hydroxylation is 1. The number of halogens is 1. The number of nitrogens with zero attached hydrogens (tertiary/aromatic N) is 4. The second-order valence-electron chi connectivity index (χ2n) is 4.38. The van der Waals surface area contributed by atoms with Crippen molar-refractivity contribution in [1.82, 2.24) is 19.3 Å². The lowest BCUT2D eigenvalue weighted by atomic mass is 10.1. The topological polar surface area (TPSA) is 115 Å². The van der Waals surface area contributed by atoms with Crippen LogP contribution in [-0.2, 0) is 26.6 Å². The van der Waals surface area contributed by atoms with Crippen molar-refractivity contribution in [3.63, 3.8) is 0 Å². The van der Waals surface area contributed by atoms with Crippen LogP contribution in [0, 0.1) is 5.92 Å². The van der Waals surface area contributed by atoms with Gasteiger partial charge in [-0.1, -0.05) is 5.21 Å². The average molecular weight is 369 g/mol. The lowest BCUT2D eigenvalue weighted by Gasteiger charge is -2.25. The molecule has 1 N–H and O–H groups in total. The second-order valence-corrected chi connectivity index (χ2v) is 7.04. The van der Waals surface area contributed by atoms with Gasteiger partial charge in [0.05, 0.1) is 25.2 Å². The van der Waals surface area contributed by atoms with Crippen molar-refractivity contribution in [1.29, 1.82) is 0 Å². The Morgan fingerprint density at radius 3 is 2.70 bits per heavy atom. The van der Waals surface area contributed by atoms with Crippen LogP contribution < -0.4 is 0 Å². The van der Waals surface area contributed by atoms with Crippen LogP contribution in [0.4, 0.5) is 0 Å². The number of ether oxygens (including phenoxy) is 1. The largest absolute Gasteiger partial charge is 0.481 e. The molecule has 2 heterocycles. The molecule has 0 spiro atoms. The van der Waals surface area contributed by atoms with Gasteiger partial charge in [-0.05, 0) is 15.9 Å². The normalized spacial score (nSPS) is 23.4. The Kier molecular flexibility index (Phi) is 4.14. The van der Waals surface area contributed by atoms with Gasteiger partial charge in [0.15, 0.2) is 4.60 Å². The van der Waals surface area contributed by atoms with Crippen LogP contribution in [0.5, 0.6) is 0 Å². The molecule has 0 bridgehead atoms. The van der Waals surface area contributed by atoms with Gasteiger partial charge in [-0.2, -0.15) is 4.31 Å². The third-order valence-electron chi connectivity index (χ3n) is 3.20. The third kappa shape index (κ3) is 2.45. The van der Waals surface area contributed by atoms with E-state index in [0.717, 1.165) is 8.99 Å². The number of hydrogen-bond acceptors (Lipinski definition) is 6. The highest BCUT2D eigenvalue weighted by atomic mass is 79.9. The molecule has 2 atom stereocenters. The van der Waals surface area contributed by atoms with E-state index in [4.69, 9.17) is 9.84 Å². The molecule has 20 heavy (non-hydrogen) atoms. The van der Waals surface area contributed by atoms with E-state index in [1.165, 1.54) is 14.1 Å². The van der Waals surface area contributed by atoms with Crippen molar-refractivity contribution in [2.24, 2.45) is 13.0 Å². The number of sulfonamides is 1. The zero-order valence-corrected chi connectivity index (χ0v) is 13.1. The van der Waals surface area contributed by atoms with E-state index in [-0.39, 0.29) is 22.8 Å². The summed E-state index contributed by atoms with van der Waals surface area (Å²) in [5, 5.41) is 16.2. The van der Waals surface area contributed by atoms with Gasteiger partial charge in [0.1, 0.15) is 0 Å². The molecule has 9 nitrogen and oxygen atoms in total. The van der Waals surface area contributed by atoms with Crippen LogP contribution in [-0.4, -0.2) is 65.1 Å². The van der Waals surface area contributed by atoms with E-state index in [1.807, 2.05) is 0 Å². The number of carboxylic acid groups (broad SMARTS) is 1. The first-order valence-electron chi connectivity index (χ1n) is 5.60. The lowest BCUT2D eigenvalue weighted by molar-refractivity contribution is -0.142. The van der Waals surface area contributed by atoms with Crippen molar-refractivity contribution in [2.45, 2.75) is 11.1 Å². The standard InChI is InChI=1S/C9H13BrN4O5S/c1-13-8(7(10)11-12-13)20(17,18)14(2)6-4-19-3-5(6)9(15)16/h5-6H,3-4H2,1-2H3,(H,15,16). The molecule has 0 amide bonds. The third-order valence-corrected chi connectivity index (χ3v) is 5.97. The van der Waals surface area contributed by atoms with E-state index in [0.29, 0.717) is 0 Å². The quantitative estimate of drug-likeness (QED) is 0.746. The number of rotatable bonds is 4. The molecule has 0 saturated carbocycles. The lowest BCUT2D eigenvalue weighted by Crippen LogP contribution is -2.44. The van der Waals surface area contributed by atoms with E-state index < -0.39 is 28.0 Å². The zero-order valence-electron chi connectivity index (χ0n) is 10.7. The molecule has 0 aromatic carbocycles. The second kappa shape index (κ2) is 5.39. The van der Waals surface area contributed by atoms with Gasteiger partial charge in [-0.3, -0.25) is 4.79 Å². The smallest absolute Gasteiger partial charge is 0.310 e. The Morgan fingerprint density at radius 2 is 2.20 bits per heavy atom. The van der Waals surface area contributed by atoms with Crippen molar-refractivity contribution >= 4 is 31.9 Å². The minimum atomic E-state index is -3.93. The molecule has 11 heteroatoms. The first kappa shape index (κ1) is 15.4. The number of carboxylic acids is 1. The van der Waals surface area contributed by atoms with Crippen LogP contribution in [0.3, 0.4) is 0 Å². The molecule has 2 rings (SSSR count). The fraction of sp³-hybridized carbons (Fsp3) is 0.667. The number of aromatic nitrogens is 3. The van der Waals surface area contributed by atoms with Crippen LogP contribution in [0.1, 0.15) is 0 Å². The summed E-state index contributed by atoms with van der Waals surface area (Å²) in [6, 6.07) is -0.765. The van der Waals surface area contributed by atoms with Gasteiger partial charge in [-0.25, -0.2) is 13.1 Å². The molecule has 1 aromatic heterocycles. The predicted octanol–water partition coefficient (Wildman–Crippen LogP) is -0.702. The van der Waals surface area contributed by atoms with E-state index in [1.54, 1.807) is 0 Å². The van der Waals surface area contributed by atoms with Crippen LogP contribution in [0.25, 0.3) is 0 Å². The summed E-state index contributed by atoms with van der Waals surface area (Å²) < 4.78 is 32.4. The monoisotopic (exact) mass is 368 g/mol. The summed E-state index contributed by atoms with van der Waals surface area (Å²) in [6.07, 6.45) is 0. The number of carbonyl (C=O) groups is 1. The van der Waals surface area contributed by atoms with Gasteiger partial charge < -0.3 is 9.84 Å². The summed E-state index contributed by atoms with van der Waals surface area (Å²) in [7, 11) is -1.16. The van der Waals surface area contributed by atoms with Crippen LogP contribution in [0.15, 0.2) is 9.63 Å². The average Bonchev–Trinajstić information content (AvgIpc) is 2.95. The molecule has 0 radical (unpaired) electrons. The highest BCUT2D eigenvalue weighted by Crippen LogP contribution is 2.27. The van der Waals surface area contributed by atoms with Gasteiger partial charge in [0.2, 0.25) is 5.03 Å². The molecule has 1 fully saturated rings. The molecule has 112 valence electrons. The van der Waals surface area contributed by atoms with Gasteiger partial charge in [0, 0.05) is 14.1 Å². The highest BCUT2D eigenvalue weighted by Gasteiger charge is 2.43. The summed E-state index contributed by atoms with van der Waals surface area (Å²) in [5.74, 6) is -1.98. The minimum absolute atomic E-state index is 0.00926. The molecule has 1 aliphatic heterocycles. The first-order chi connectivity index (χ1) is 9.26. The van der Waals surface area contributed by atoms with Crippen molar-refractivity contribution in [3.8, 4) is 0 Å². The van der Waals surface area contributed by atoms with Gasteiger partial charge in [0.25, 0.3) is 10.0 Å². The maximum Gasteiger partial charge on any atom is 0.310 e. The van der Waals surface area contributed by atoms with E-state index >= 15 is 0 Å². The van der Waals surface area contributed by atoms with Crippen molar-refractivity contribution in [2.75, 3.05) is 20.3 Å². The Balaban J connectivity index is 2.37. The van der Waals surface area contributed by atoms with Crippen molar-refractivity contribution < 1.29 is 23.1 Å². The molecule has 1 aliphatic rings. The molecule has 2 unspecified atom stereocenters. The summed E-state index contributed by atoms with van der Waals surface area (Å²) in [4.78, 5) is 11.1. The van der Waals surface area contributed by atoms with Gasteiger partial charge >= 0.3 is 5.97 Å². The Bertz CT molecular complexity index is 611. The SMILES string of the molecule is CN(C1COCC1C(=O)O)S(=O)(=O)c1c(Br)nnn1C. The Labute approximate surface area is 123 Å². The fourth-order valence-corrected chi connectivity index (χ4v) is 4.45. The summed E-state index contributed by atoms with van der Waals surface area (Å²) >= 11 is 3.03. The Morgan fingerprint density at radius 1 is 1.55 bits per heavy atom. The van der Waals surface area contributed by atoms with Gasteiger partial charge in [-0.15, -0.1) is 5.10 Å². The van der Waals surface area contributed by atoms with E-state index in [2.05, 4.69) is 26.2 Å². The van der Waals surface area contributed by atoms with Crippen LogP contribution >= 0.6 is 15.9 Å². The summed E-state index contributed by atoms with van der Waals surface area (Å²) in [6.45, 7) is 0.0280. The van der Waals surface area contributed by atoms with Crippen molar-refractivity contribution in [3.05, 3.63) is 4.60 Å². The number of aliphatic carboxylic acids is 1. The molecular weight excluding hydrogens is 356 g/mol. The number of likely N-dealkylation sites (N-methyl/N-ethyl adjacent to an activating group) is 1. The zero-order chi connectivity index (χ0) is 15.1. The van der Waals surface area contributed by atoms with E-state index in [9.17, 15) is 13.2 Å². The molecule has 1 aromatic rings. The first-order valence-corrected chi connectivity index (χ1v) is 7.84. The molecule has 1 saturated heterocycles. The highest BCUT2D eigenvalue weighted by molar-refractivity contribution is 9.10. The summed E-state index contributed by atoms with van der Waals surface area (Å²) in [5.41, 5.74) is 0. The fourth-order valence-electron chi connectivity index (χ4n) is 2.05. The maximum absolute atomic E-state index is 12.5. The predicted molar refractivity (Wildman–Crippen MR) is 69.4 cm³/mol. The van der Waals surface area contributed by atoms with Crippen LogP contribution in [0.2, 0.25) is 0 Å². The maximum atomic E-state index is 12.5. The Hall–Kier alpha value is -1.04.